The van der Waals surface area contributed by atoms with Crippen LogP contribution in [-0.4, -0.2) is 5.97 Å². The molecule has 0 atom stereocenters. The number of unbranched alkanes of at least 4 members (excludes halogenated alkanes) is 2. The molecule has 0 bridgehead atoms. The molecule has 1 rings (SSSR count). The third-order valence-electron chi connectivity index (χ3n) is 1.99. The summed E-state index contributed by atoms with van der Waals surface area (Å²) in [6, 6.07) is 0. The molecule has 0 spiro atoms. The third kappa shape index (κ3) is 3.07. The van der Waals surface area contributed by atoms with Gasteiger partial charge in [-0.15, -0.1) is 0 Å². The number of rotatable bonds is 4. The fourth-order valence-corrected chi connectivity index (χ4v) is 1.29. The van der Waals surface area contributed by atoms with Crippen LogP contribution in [0.2, 0.25) is 0 Å². The van der Waals surface area contributed by atoms with Crippen LogP contribution in [-0.2, 0) is 9.53 Å². The van der Waals surface area contributed by atoms with E-state index >= 15 is 0 Å². The Kier molecular flexibility index (Phi) is 3.85. The number of ether oxygens (including phenoxy) is 1. The highest BCUT2D eigenvalue weighted by Gasteiger charge is 2.11. The number of hydrogen-bond acceptors (Lipinski definition) is 2. The molecule has 0 unspecified atom stereocenters. The van der Waals surface area contributed by atoms with Crippen molar-refractivity contribution in [2.24, 2.45) is 0 Å². The minimum absolute atomic E-state index is 0.0657. The van der Waals surface area contributed by atoms with E-state index in [9.17, 15) is 4.79 Å². The van der Waals surface area contributed by atoms with Gasteiger partial charge in [0.2, 0.25) is 0 Å². The maximum Gasteiger partial charge on any atom is 0.311 e. The molecule has 1 aliphatic rings. The quantitative estimate of drug-likeness (QED) is 0.476. The lowest BCUT2D eigenvalue weighted by Gasteiger charge is -2.12. The summed E-state index contributed by atoms with van der Waals surface area (Å²) in [6.45, 7) is 2.17. The lowest BCUT2D eigenvalue weighted by Crippen LogP contribution is -2.08. The van der Waals surface area contributed by atoms with Crippen LogP contribution in [0.5, 0.6) is 0 Å². The van der Waals surface area contributed by atoms with Crippen LogP contribution < -0.4 is 0 Å². The largest absolute Gasteiger partial charge is 0.431 e. The first-order valence-corrected chi connectivity index (χ1v) is 4.72. The number of hydrogen-bond donors (Lipinski definition) is 0. The zero-order valence-corrected chi connectivity index (χ0v) is 7.64. The molecule has 12 heavy (non-hydrogen) atoms. The van der Waals surface area contributed by atoms with Crippen molar-refractivity contribution in [2.45, 2.75) is 45.4 Å². The first kappa shape index (κ1) is 9.30. The molecule has 0 radical (unpaired) electrons. The molecule has 1 aliphatic heterocycles. The molecule has 1 heterocycles. The second kappa shape index (κ2) is 4.96. The summed E-state index contributed by atoms with van der Waals surface area (Å²) in [7, 11) is 0. The van der Waals surface area contributed by atoms with Gasteiger partial charge in [-0.2, -0.15) is 0 Å². The van der Waals surface area contributed by atoms with Crippen molar-refractivity contribution >= 4 is 5.97 Å². The summed E-state index contributed by atoms with van der Waals surface area (Å²) in [4.78, 5) is 10.8. The predicted octanol–water partition coefficient (Wildman–Crippen LogP) is 2.79. The SMILES string of the molecule is CCCCCC1=CCCC(=O)O1. The first-order chi connectivity index (χ1) is 5.83. The molecule has 0 aliphatic carbocycles. The minimum atomic E-state index is -0.0657. The van der Waals surface area contributed by atoms with Crippen molar-refractivity contribution in [3.8, 4) is 0 Å². The molecule has 0 N–H and O–H groups in total. The Hall–Kier alpha value is -0.790. The van der Waals surface area contributed by atoms with E-state index in [4.69, 9.17) is 4.74 Å². The zero-order chi connectivity index (χ0) is 8.81. The van der Waals surface area contributed by atoms with Crippen LogP contribution in [0.3, 0.4) is 0 Å². The van der Waals surface area contributed by atoms with Gasteiger partial charge in [0.1, 0.15) is 5.76 Å². The van der Waals surface area contributed by atoms with Crippen LogP contribution in [0.4, 0.5) is 0 Å². The van der Waals surface area contributed by atoms with Crippen molar-refractivity contribution < 1.29 is 9.53 Å². The van der Waals surface area contributed by atoms with Gasteiger partial charge in [0.25, 0.3) is 0 Å². The van der Waals surface area contributed by atoms with E-state index in [2.05, 4.69) is 6.92 Å². The molecule has 0 amide bonds. The van der Waals surface area contributed by atoms with Crippen molar-refractivity contribution in [1.29, 1.82) is 0 Å². The number of esters is 1. The van der Waals surface area contributed by atoms with Crippen LogP contribution in [0.1, 0.15) is 45.4 Å². The summed E-state index contributed by atoms with van der Waals surface area (Å²) in [5, 5.41) is 0. The van der Waals surface area contributed by atoms with E-state index in [1.165, 1.54) is 12.8 Å². The van der Waals surface area contributed by atoms with Gasteiger partial charge in [-0.3, -0.25) is 4.79 Å². The van der Waals surface area contributed by atoms with Crippen molar-refractivity contribution in [2.75, 3.05) is 0 Å². The van der Waals surface area contributed by atoms with Gasteiger partial charge in [-0.1, -0.05) is 19.8 Å². The molecule has 68 valence electrons. The summed E-state index contributed by atoms with van der Waals surface area (Å²) < 4.78 is 5.06. The van der Waals surface area contributed by atoms with Gasteiger partial charge in [-0.05, 0) is 18.9 Å². The van der Waals surface area contributed by atoms with E-state index in [1.54, 1.807) is 0 Å². The van der Waals surface area contributed by atoms with Gasteiger partial charge in [0, 0.05) is 12.8 Å². The molecule has 0 fully saturated rings. The second-order valence-corrected chi connectivity index (χ2v) is 3.14. The molecule has 0 aromatic carbocycles. The van der Waals surface area contributed by atoms with Crippen molar-refractivity contribution in [3.63, 3.8) is 0 Å². The summed E-state index contributed by atoms with van der Waals surface area (Å²) in [5.41, 5.74) is 0. The molecule has 2 heteroatoms. The fourth-order valence-electron chi connectivity index (χ4n) is 1.29. The lowest BCUT2D eigenvalue weighted by molar-refractivity contribution is -0.140. The third-order valence-corrected chi connectivity index (χ3v) is 1.99. The van der Waals surface area contributed by atoms with Gasteiger partial charge < -0.3 is 4.74 Å². The van der Waals surface area contributed by atoms with Crippen molar-refractivity contribution in [1.82, 2.24) is 0 Å². The molecule has 0 aromatic heterocycles. The highest BCUT2D eigenvalue weighted by Crippen LogP contribution is 2.17. The normalized spacial score (nSPS) is 17.1. The molecule has 2 nitrogen and oxygen atoms in total. The number of carbonyl (C=O) groups excluding carboxylic acids is 1. The molecular formula is C10H16O2. The van der Waals surface area contributed by atoms with E-state index in [-0.39, 0.29) is 5.97 Å². The minimum Gasteiger partial charge on any atom is -0.431 e. The monoisotopic (exact) mass is 168 g/mol. The highest BCUT2D eigenvalue weighted by atomic mass is 16.5. The van der Waals surface area contributed by atoms with Gasteiger partial charge in [-0.25, -0.2) is 0 Å². The number of cyclic esters (lactones) is 1. The summed E-state index contributed by atoms with van der Waals surface area (Å²) in [6.07, 6.45) is 7.94. The zero-order valence-electron chi connectivity index (χ0n) is 7.64. The van der Waals surface area contributed by atoms with Gasteiger partial charge in [0.15, 0.2) is 0 Å². The molecule has 0 saturated heterocycles. The smallest absolute Gasteiger partial charge is 0.311 e. The Morgan fingerprint density at radius 3 is 3.00 bits per heavy atom. The summed E-state index contributed by atoms with van der Waals surface area (Å²) in [5.74, 6) is 0.823. The lowest BCUT2D eigenvalue weighted by atomic mass is 10.1. The Morgan fingerprint density at radius 1 is 1.50 bits per heavy atom. The van der Waals surface area contributed by atoms with Gasteiger partial charge in [0.05, 0.1) is 0 Å². The number of allylic oxidation sites excluding steroid dienone is 2. The van der Waals surface area contributed by atoms with Crippen LogP contribution in [0.25, 0.3) is 0 Å². The predicted molar refractivity (Wildman–Crippen MR) is 47.6 cm³/mol. The van der Waals surface area contributed by atoms with E-state index in [0.717, 1.165) is 25.0 Å². The molecule has 0 aromatic rings. The van der Waals surface area contributed by atoms with E-state index in [0.29, 0.717) is 6.42 Å². The fraction of sp³-hybridized carbons (Fsp3) is 0.700. The van der Waals surface area contributed by atoms with E-state index < -0.39 is 0 Å². The Labute approximate surface area is 73.6 Å². The average molecular weight is 168 g/mol. The van der Waals surface area contributed by atoms with Crippen molar-refractivity contribution in [3.05, 3.63) is 11.8 Å². The Morgan fingerprint density at radius 2 is 2.33 bits per heavy atom. The standard InChI is InChI=1S/C10H16O2/c1-2-3-4-6-9-7-5-8-10(11)12-9/h7H,2-6,8H2,1H3. The highest BCUT2D eigenvalue weighted by molar-refractivity contribution is 5.71. The van der Waals surface area contributed by atoms with Crippen LogP contribution >= 0.6 is 0 Å². The van der Waals surface area contributed by atoms with Crippen LogP contribution in [0.15, 0.2) is 11.8 Å². The van der Waals surface area contributed by atoms with Gasteiger partial charge >= 0.3 is 5.97 Å². The first-order valence-electron chi connectivity index (χ1n) is 4.72. The number of carbonyl (C=O) groups is 1. The Balaban J connectivity index is 2.22. The molecule has 0 saturated carbocycles. The Bertz CT molecular complexity index is 182. The maximum absolute atomic E-state index is 10.8. The summed E-state index contributed by atoms with van der Waals surface area (Å²) >= 11 is 0. The second-order valence-electron chi connectivity index (χ2n) is 3.14. The van der Waals surface area contributed by atoms with Crippen LogP contribution in [0, 0.1) is 0 Å². The molecular weight excluding hydrogens is 152 g/mol. The maximum atomic E-state index is 10.8. The average Bonchev–Trinajstić information content (AvgIpc) is 2.05. The topological polar surface area (TPSA) is 26.3 Å². The van der Waals surface area contributed by atoms with E-state index in [1.807, 2.05) is 6.08 Å².